The SMILES string of the molecule is CCC(CCN)Nc1cncc(OC(C)C)n1. The van der Waals surface area contributed by atoms with Crippen molar-refractivity contribution in [3.05, 3.63) is 12.4 Å². The molecule has 0 amide bonds. The van der Waals surface area contributed by atoms with Crippen molar-refractivity contribution < 1.29 is 4.74 Å². The van der Waals surface area contributed by atoms with Crippen molar-refractivity contribution in [2.45, 2.75) is 45.8 Å². The molecule has 3 N–H and O–H groups in total. The van der Waals surface area contributed by atoms with Gasteiger partial charge in [0.25, 0.3) is 0 Å². The molecule has 0 saturated heterocycles. The van der Waals surface area contributed by atoms with Crippen molar-refractivity contribution in [1.29, 1.82) is 0 Å². The molecule has 0 aliphatic rings. The number of aromatic nitrogens is 2. The molecule has 96 valence electrons. The highest BCUT2D eigenvalue weighted by Gasteiger charge is 2.07. The van der Waals surface area contributed by atoms with E-state index in [1.807, 2.05) is 13.8 Å². The summed E-state index contributed by atoms with van der Waals surface area (Å²) >= 11 is 0. The minimum atomic E-state index is 0.102. The normalized spacial score (nSPS) is 12.5. The van der Waals surface area contributed by atoms with Crippen LogP contribution in [0.4, 0.5) is 5.82 Å². The standard InChI is InChI=1S/C12H22N4O/c1-4-10(5-6-13)15-11-7-14-8-12(16-11)17-9(2)3/h7-10H,4-6,13H2,1-3H3,(H,15,16). The van der Waals surface area contributed by atoms with E-state index >= 15 is 0 Å². The molecule has 1 unspecified atom stereocenters. The lowest BCUT2D eigenvalue weighted by Gasteiger charge is -2.17. The molecule has 5 heteroatoms. The van der Waals surface area contributed by atoms with Gasteiger partial charge in [-0.25, -0.2) is 0 Å². The monoisotopic (exact) mass is 238 g/mol. The van der Waals surface area contributed by atoms with Crippen molar-refractivity contribution in [3.8, 4) is 5.88 Å². The molecule has 0 saturated carbocycles. The highest BCUT2D eigenvalue weighted by atomic mass is 16.5. The summed E-state index contributed by atoms with van der Waals surface area (Å²) in [6.07, 6.45) is 5.36. The third-order valence-corrected chi connectivity index (χ3v) is 2.33. The number of anilines is 1. The highest BCUT2D eigenvalue weighted by Crippen LogP contribution is 2.13. The fraction of sp³-hybridized carbons (Fsp3) is 0.667. The van der Waals surface area contributed by atoms with E-state index in [0.29, 0.717) is 18.5 Å². The van der Waals surface area contributed by atoms with Gasteiger partial charge in [0.1, 0.15) is 5.82 Å². The molecule has 1 aromatic rings. The van der Waals surface area contributed by atoms with Gasteiger partial charge in [0.15, 0.2) is 0 Å². The summed E-state index contributed by atoms with van der Waals surface area (Å²) < 4.78 is 5.49. The van der Waals surface area contributed by atoms with Crippen LogP contribution in [0, 0.1) is 0 Å². The maximum absolute atomic E-state index is 5.55. The number of nitrogens with one attached hydrogen (secondary N) is 1. The van der Waals surface area contributed by atoms with Crippen LogP contribution in [-0.2, 0) is 0 Å². The summed E-state index contributed by atoms with van der Waals surface area (Å²) in [5.74, 6) is 1.29. The van der Waals surface area contributed by atoms with Crippen LogP contribution in [0.3, 0.4) is 0 Å². The van der Waals surface area contributed by atoms with Crippen LogP contribution in [-0.4, -0.2) is 28.7 Å². The van der Waals surface area contributed by atoms with Gasteiger partial charge in [-0.2, -0.15) is 4.98 Å². The highest BCUT2D eigenvalue weighted by molar-refractivity contribution is 5.34. The molecule has 5 nitrogen and oxygen atoms in total. The molecule has 0 fully saturated rings. The molecule has 0 aliphatic heterocycles. The Bertz CT molecular complexity index is 330. The smallest absolute Gasteiger partial charge is 0.234 e. The Morgan fingerprint density at radius 3 is 2.76 bits per heavy atom. The van der Waals surface area contributed by atoms with Gasteiger partial charge in [-0.1, -0.05) is 6.92 Å². The Balaban J connectivity index is 2.63. The third-order valence-electron chi connectivity index (χ3n) is 2.33. The summed E-state index contributed by atoms with van der Waals surface area (Å²) in [6, 6.07) is 0.337. The van der Waals surface area contributed by atoms with Crippen molar-refractivity contribution in [2.24, 2.45) is 5.73 Å². The van der Waals surface area contributed by atoms with Gasteiger partial charge in [-0.3, -0.25) is 4.98 Å². The Morgan fingerprint density at radius 2 is 2.18 bits per heavy atom. The Kier molecular flexibility index (Phi) is 5.69. The van der Waals surface area contributed by atoms with E-state index in [9.17, 15) is 0 Å². The minimum absolute atomic E-state index is 0.102. The number of hydrogen-bond donors (Lipinski definition) is 2. The van der Waals surface area contributed by atoms with Gasteiger partial charge in [0, 0.05) is 6.04 Å². The fourth-order valence-corrected chi connectivity index (χ4v) is 1.50. The second kappa shape index (κ2) is 7.06. The lowest BCUT2D eigenvalue weighted by molar-refractivity contribution is 0.232. The second-order valence-electron chi connectivity index (χ2n) is 4.24. The fourth-order valence-electron chi connectivity index (χ4n) is 1.50. The number of hydrogen-bond acceptors (Lipinski definition) is 5. The van der Waals surface area contributed by atoms with E-state index in [4.69, 9.17) is 10.5 Å². The summed E-state index contributed by atoms with van der Waals surface area (Å²) in [6.45, 7) is 6.71. The summed E-state index contributed by atoms with van der Waals surface area (Å²) in [7, 11) is 0. The van der Waals surface area contributed by atoms with Crippen molar-refractivity contribution in [2.75, 3.05) is 11.9 Å². The third kappa shape index (κ3) is 4.99. The van der Waals surface area contributed by atoms with Crippen LogP contribution >= 0.6 is 0 Å². The largest absolute Gasteiger partial charge is 0.474 e. The molecule has 1 atom stereocenters. The molecule has 0 aliphatic carbocycles. The van der Waals surface area contributed by atoms with Gasteiger partial charge < -0.3 is 15.8 Å². The van der Waals surface area contributed by atoms with Crippen LogP contribution in [0.25, 0.3) is 0 Å². The number of nitrogens with two attached hydrogens (primary N) is 1. The molecule has 17 heavy (non-hydrogen) atoms. The summed E-state index contributed by atoms with van der Waals surface area (Å²) in [5.41, 5.74) is 5.55. The molecule has 0 aromatic carbocycles. The number of nitrogens with zero attached hydrogens (tertiary/aromatic N) is 2. The van der Waals surface area contributed by atoms with Crippen molar-refractivity contribution >= 4 is 5.82 Å². The first-order chi connectivity index (χ1) is 8.15. The Morgan fingerprint density at radius 1 is 1.41 bits per heavy atom. The van der Waals surface area contributed by atoms with Gasteiger partial charge in [0.05, 0.1) is 18.5 Å². The number of rotatable bonds is 7. The van der Waals surface area contributed by atoms with Crippen LogP contribution in [0.1, 0.15) is 33.6 Å². The van der Waals surface area contributed by atoms with Crippen LogP contribution in [0.5, 0.6) is 5.88 Å². The maximum Gasteiger partial charge on any atom is 0.234 e. The van der Waals surface area contributed by atoms with E-state index in [1.165, 1.54) is 0 Å². The molecule has 1 rings (SSSR count). The maximum atomic E-state index is 5.55. The first kappa shape index (κ1) is 13.7. The average Bonchev–Trinajstić information content (AvgIpc) is 2.28. The van der Waals surface area contributed by atoms with Crippen LogP contribution in [0.15, 0.2) is 12.4 Å². The second-order valence-corrected chi connectivity index (χ2v) is 4.24. The van der Waals surface area contributed by atoms with Crippen LogP contribution in [0.2, 0.25) is 0 Å². The zero-order chi connectivity index (χ0) is 12.7. The molecule has 1 heterocycles. The van der Waals surface area contributed by atoms with E-state index < -0.39 is 0 Å². The zero-order valence-electron chi connectivity index (χ0n) is 10.8. The number of ether oxygens (including phenoxy) is 1. The lowest BCUT2D eigenvalue weighted by atomic mass is 10.1. The molecular formula is C12H22N4O. The van der Waals surface area contributed by atoms with Gasteiger partial charge in [-0.15, -0.1) is 0 Å². The lowest BCUT2D eigenvalue weighted by Crippen LogP contribution is -2.23. The molecule has 0 bridgehead atoms. The minimum Gasteiger partial charge on any atom is -0.474 e. The summed E-state index contributed by atoms with van der Waals surface area (Å²) in [4.78, 5) is 8.45. The van der Waals surface area contributed by atoms with Gasteiger partial charge >= 0.3 is 0 Å². The van der Waals surface area contributed by atoms with Gasteiger partial charge in [0.2, 0.25) is 5.88 Å². The quantitative estimate of drug-likeness (QED) is 0.757. The predicted molar refractivity (Wildman–Crippen MR) is 69.2 cm³/mol. The van der Waals surface area contributed by atoms with E-state index in [-0.39, 0.29) is 6.10 Å². The van der Waals surface area contributed by atoms with E-state index in [0.717, 1.165) is 18.7 Å². The Hall–Kier alpha value is -1.36. The zero-order valence-corrected chi connectivity index (χ0v) is 10.8. The molecule has 1 aromatic heterocycles. The van der Waals surface area contributed by atoms with Gasteiger partial charge in [-0.05, 0) is 33.2 Å². The van der Waals surface area contributed by atoms with Crippen molar-refractivity contribution in [3.63, 3.8) is 0 Å². The molecular weight excluding hydrogens is 216 g/mol. The topological polar surface area (TPSA) is 73.1 Å². The summed E-state index contributed by atoms with van der Waals surface area (Å²) in [5, 5.41) is 3.31. The Labute approximate surface area is 103 Å². The molecule has 0 radical (unpaired) electrons. The predicted octanol–water partition coefficient (Wildman–Crippen LogP) is 1.80. The molecule has 0 spiro atoms. The average molecular weight is 238 g/mol. The first-order valence-corrected chi connectivity index (χ1v) is 6.11. The van der Waals surface area contributed by atoms with Crippen LogP contribution < -0.4 is 15.8 Å². The van der Waals surface area contributed by atoms with E-state index in [1.54, 1.807) is 12.4 Å². The van der Waals surface area contributed by atoms with Crippen molar-refractivity contribution in [1.82, 2.24) is 9.97 Å². The first-order valence-electron chi connectivity index (χ1n) is 6.11. The van der Waals surface area contributed by atoms with E-state index in [2.05, 4.69) is 22.2 Å².